The van der Waals surface area contributed by atoms with E-state index in [1.807, 2.05) is 16.8 Å². The Labute approximate surface area is 169 Å². The zero-order chi connectivity index (χ0) is 19.9. The van der Waals surface area contributed by atoms with Crippen LogP contribution in [0.5, 0.6) is 0 Å². The van der Waals surface area contributed by atoms with Gasteiger partial charge < -0.3 is 10.6 Å². The molecule has 3 amide bonds. The molecule has 9 heteroatoms. The lowest BCUT2D eigenvalue weighted by Gasteiger charge is -2.06. The summed E-state index contributed by atoms with van der Waals surface area (Å²) in [5.74, 6) is -0.466. The van der Waals surface area contributed by atoms with E-state index in [1.165, 1.54) is 29.6 Å². The SMILES string of the molecule is CC(=O)Nc1ccc(NC(=O)CCc2csc(NC(=O)c3cccs3)n2)cc1. The Bertz CT molecular complexity index is 965. The van der Waals surface area contributed by atoms with Crippen molar-refractivity contribution in [2.24, 2.45) is 0 Å². The maximum atomic E-state index is 12.1. The second-order valence-electron chi connectivity index (χ2n) is 5.88. The minimum atomic E-state index is -0.184. The van der Waals surface area contributed by atoms with Gasteiger partial charge in [0, 0.05) is 30.1 Å². The van der Waals surface area contributed by atoms with Crippen LogP contribution in [0.1, 0.15) is 28.7 Å². The molecule has 0 aliphatic carbocycles. The number of amides is 3. The van der Waals surface area contributed by atoms with E-state index in [4.69, 9.17) is 0 Å². The van der Waals surface area contributed by atoms with Gasteiger partial charge in [0.25, 0.3) is 5.91 Å². The summed E-state index contributed by atoms with van der Waals surface area (Å²) in [5, 5.41) is 12.4. The smallest absolute Gasteiger partial charge is 0.267 e. The van der Waals surface area contributed by atoms with Crippen LogP contribution in [0.4, 0.5) is 16.5 Å². The Kier molecular flexibility index (Phi) is 6.51. The molecule has 0 saturated carbocycles. The normalized spacial score (nSPS) is 10.3. The molecule has 0 unspecified atom stereocenters. The van der Waals surface area contributed by atoms with Gasteiger partial charge in [0.05, 0.1) is 10.6 Å². The van der Waals surface area contributed by atoms with Gasteiger partial charge in [0.1, 0.15) is 0 Å². The van der Waals surface area contributed by atoms with Gasteiger partial charge in [0.15, 0.2) is 5.13 Å². The van der Waals surface area contributed by atoms with Gasteiger partial charge in [-0.3, -0.25) is 19.7 Å². The van der Waals surface area contributed by atoms with Crippen molar-refractivity contribution in [3.05, 3.63) is 57.7 Å². The van der Waals surface area contributed by atoms with Crippen LogP contribution in [0.15, 0.2) is 47.2 Å². The molecule has 0 saturated heterocycles. The lowest BCUT2D eigenvalue weighted by Crippen LogP contribution is -2.13. The fraction of sp³-hybridized carbons (Fsp3) is 0.158. The fourth-order valence-corrected chi connectivity index (χ4v) is 3.71. The molecule has 3 N–H and O–H groups in total. The summed E-state index contributed by atoms with van der Waals surface area (Å²) < 4.78 is 0. The van der Waals surface area contributed by atoms with Gasteiger partial charge in [-0.15, -0.1) is 22.7 Å². The summed E-state index contributed by atoms with van der Waals surface area (Å²) in [7, 11) is 0. The van der Waals surface area contributed by atoms with Crippen molar-refractivity contribution < 1.29 is 14.4 Å². The van der Waals surface area contributed by atoms with Crippen LogP contribution in [-0.2, 0) is 16.0 Å². The Morgan fingerprint density at radius 1 is 0.964 bits per heavy atom. The van der Waals surface area contributed by atoms with Crippen molar-refractivity contribution in [1.29, 1.82) is 0 Å². The number of carbonyl (C=O) groups excluding carboxylic acids is 3. The molecule has 0 bridgehead atoms. The Morgan fingerprint density at radius 2 is 1.68 bits per heavy atom. The van der Waals surface area contributed by atoms with Crippen molar-refractivity contribution in [2.75, 3.05) is 16.0 Å². The molecule has 3 rings (SSSR count). The third kappa shape index (κ3) is 5.73. The van der Waals surface area contributed by atoms with Gasteiger partial charge in [-0.05, 0) is 42.1 Å². The van der Waals surface area contributed by atoms with Gasteiger partial charge in [-0.25, -0.2) is 4.98 Å². The number of hydrogen-bond donors (Lipinski definition) is 3. The maximum Gasteiger partial charge on any atom is 0.267 e. The topological polar surface area (TPSA) is 100 Å². The summed E-state index contributed by atoms with van der Waals surface area (Å²) in [6.45, 7) is 1.44. The van der Waals surface area contributed by atoms with Crippen molar-refractivity contribution >= 4 is 56.9 Å². The second-order valence-corrected chi connectivity index (χ2v) is 7.69. The molecule has 2 heterocycles. The Hall–Kier alpha value is -3.04. The predicted molar refractivity (Wildman–Crippen MR) is 112 cm³/mol. The predicted octanol–water partition coefficient (Wildman–Crippen LogP) is 3.99. The number of nitrogens with zero attached hydrogens (tertiary/aromatic N) is 1. The lowest BCUT2D eigenvalue weighted by molar-refractivity contribution is -0.116. The Balaban J connectivity index is 1.46. The number of thiophene rings is 1. The third-order valence-corrected chi connectivity index (χ3v) is 5.29. The van der Waals surface area contributed by atoms with Crippen LogP contribution < -0.4 is 16.0 Å². The summed E-state index contributed by atoms with van der Waals surface area (Å²) in [6, 6.07) is 10.5. The highest BCUT2D eigenvalue weighted by Crippen LogP contribution is 2.19. The quantitative estimate of drug-likeness (QED) is 0.544. The van der Waals surface area contributed by atoms with Gasteiger partial charge in [0.2, 0.25) is 11.8 Å². The number of anilines is 3. The fourth-order valence-electron chi connectivity index (χ4n) is 2.35. The first-order valence-corrected chi connectivity index (χ1v) is 10.2. The minimum absolute atomic E-state index is 0.135. The van der Waals surface area contributed by atoms with E-state index in [2.05, 4.69) is 20.9 Å². The molecule has 0 fully saturated rings. The van der Waals surface area contributed by atoms with Crippen molar-refractivity contribution in [2.45, 2.75) is 19.8 Å². The molecule has 1 aromatic carbocycles. The standard InChI is InChI=1S/C19H18N4O3S2/c1-12(24)20-13-4-6-14(7-5-13)21-17(25)9-8-15-11-28-19(22-15)23-18(26)16-3-2-10-27-16/h2-7,10-11H,8-9H2,1H3,(H,20,24)(H,21,25)(H,22,23,26). The van der Waals surface area contributed by atoms with E-state index in [0.717, 1.165) is 5.69 Å². The lowest BCUT2D eigenvalue weighted by atomic mass is 10.2. The average Bonchev–Trinajstić information content (AvgIpc) is 3.33. The van der Waals surface area contributed by atoms with Crippen LogP contribution in [0.3, 0.4) is 0 Å². The summed E-state index contributed by atoms with van der Waals surface area (Å²) in [5.41, 5.74) is 2.08. The number of carbonyl (C=O) groups is 3. The number of thiazole rings is 1. The molecule has 7 nitrogen and oxygen atoms in total. The summed E-state index contributed by atoms with van der Waals surface area (Å²) >= 11 is 2.70. The van der Waals surface area contributed by atoms with E-state index < -0.39 is 0 Å². The van der Waals surface area contributed by atoms with Crippen LogP contribution in [0.2, 0.25) is 0 Å². The molecule has 28 heavy (non-hydrogen) atoms. The van der Waals surface area contributed by atoms with Crippen molar-refractivity contribution in [3.8, 4) is 0 Å². The van der Waals surface area contributed by atoms with Crippen LogP contribution in [0, 0.1) is 0 Å². The number of aryl methyl sites for hydroxylation is 1. The van der Waals surface area contributed by atoms with Crippen LogP contribution in [0.25, 0.3) is 0 Å². The number of hydrogen-bond acceptors (Lipinski definition) is 6. The van der Waals surface area contributed by atoms with Crippen LogP contribution >= 0.6 is 22.7 Å². The molecule has 0 radical (unpaired) electrons. The zero-order valence-corrected chi connectivity index (χ0v) is 16.7. The van der Waals surface area contributed by atoms with Gasteiger partial charge >= 0.3 is 0 Å². The molecule has 2 aromatic heterocycles. The molecule has 0 aliphatic heterocycles. The molecule has 3 aromatic rings. The Morgan fingerprint density at radius 3 is 2.32 bits per heavy atom. The van der Waals surface area contributed by atoms with Crippen molar-refractivity contribution in [3.63, 3.8) is 0 Å². The molecule has 0 atom stereocenters. The van der Waals surface area contributed by atoms with E-state index >= 15 is 0 Å². The minimum Gasteiger partial charge on any atom is -0.326 e. The monoisotopic (exact) mass is 414 g/mol. The first kappa shape index (κ1) is 19.7. The molecule has 0 spiro atoms. The largest absolute Gasteiger partial charge is 0.326 e. The maximum absolute atomic E-state index is 12.1. The molecule has 144 valence electrons. The molecular weight excluding hydrogens is 396 g/mol. The highest BCUT2D eigenvalue weighted by atomic mass is 32.1. The zero-order valence-electron chi connectivity index (χ0n) is 15.0. The van der Waals surface area contributed by atoms with Gasteiger partial charge in [-0.2, -0.15) is 0 Å². The van der Waals surface area contributed by atoms with Crippen molar-refractivity contribution in [1.82, 2.24) is 4.98 Å². The number of aromatic nitrogens is 1. The number of nitrogens with one attached hydrogen (secondary N) is 3. The molecule has 0 aliphatic rings. The highest BCUT2D eigenvalue weighted by Gasteiger charge is 2.11. The van der Waals surface area contributed by atoms with Gasteiger partial charge in [-0.1, -0.05) is 6.07 Å². The van der Waals surface area contributed by atoms with E-state index in [1.54, 1.807) is 30.3 Å². The average molecular weight is 415 g/mol. The van der Waals surface area contributed by atoms with E-state index in [0.29, 0.717) is 27.8 Å². The first-order valence-electron chi connectivity index (χ1n) is 8.46. The van der Waals surface area contributed by atoms with Crippen LogP contribution in [-0.4, -0.2) is 22.7 Å². The third-order valence-electron chi connectivity index (χ3n) is 3.61. The van der Waals surface area contributed by atoms with E-state index in [-0.39, 0.29) is 24.1 Å². The second kappa shape index (κ2) is 9.25. The number of rotatable bonds is 7. The van der Waals surface area contributed by atoms with E-state index in [9.17, 15) is 14.4 Å². The highest BCUT2D eigenvalue weighted by molar-refractivity contribution is 7.14. The summed E-state index contributed by atoms with van der Waals surface area (Å²) in [6.07, 6.45) is 0.747. The molecular formula is C19H18N4O3S2. The number of benzene rings is 1. The first-order chi connectivity index (χ1) is 13.5. The summed E-state index contributed by atoms with van der Waals surface area (Å²) in [4.78, 5) is 40.1.